The fourth-order valence-electron chi connectivity index (χ4n) is 2.01. The number of nitrogens with zero attached hydrogens (tertiary/aromatic N) is 2. The largest absolute Gasteiger partial charge is 0.338 e. The summed E-state index contributed by atoms with van der Waals surface area (Å²) in [7, 11) is 0. The maximum absolute atomic E-state index is 12.6. The van der Waals surface area contributed by atoms with E-state index in [9.17, 15) is 14.9 Å². The zero-order valence-corrected chi connectivity index (χ0v) is 13.4. The quantitative estimate of drug-likeness (QED) is 0.432. The minimum Gasteiger partial charge on any atom is -0.338 e. The van der Waals surface area contributed by atoms with Gasteiger partial charge in [0, 0.05) is 24.5 Å². The number of nitro groups is 1. The number of carbonyl (C=O) groups is 1. The number of hydrogen-bond acceptors (Lipinski definition) is 3. The molecular weight excluding hydrogens is 324 g/mol. The van der Waals surface area contributed by atoms with Crippen molar-refractivity contribution < 1.29 is 9.72 Å². The second kappa shape index (κ2) is 7.99. The van der Waals surface area contributed by atoms with Gasteiger partial charge in [-0.2, -0.15) is 0 Å². The summed E-state index contributed by atoms with van der Waals surface area (Å²) < 4.78 is 0. The first-order valence-electron chi connectivity index (χ1n) is 6.62. The van der Waals surface area contributed by atoms with Gasteiger partial charge in [0.25, 0.3) is 11.6 Å². The van der Waals surface area contributed by atoms with Crippen LogP contribution in [-0.4, -0.2) is 34.2 Å². The molecule has 6 heteroatoms. The molecule has 0 heterocycles. The lowest BCUT2D eigenvalue weighted by Gasteiger charge is -2.22. The highest BCUT2D eigenvalue weighted by molar-refractivity contribution is 9.09. The Hall–Kier alpha value is -1.43. The van der Waals surface area contributed by atoms with Gasteiger partial charge >= 0.3 is 0 Å². The van der Waals surface area contributed by atoms with Gasteiger partial charge in [0.2, 0.25) is 0 Å². The van der Waals surface area contributed by atoms with Gasteiger partial charge < -0.3 is 4.90 Å². The summed E-state index contributed by atoms with van der Waals surface area (Å²) in [5.74, 6) is -0.261. The van der Waals surface area contributed by atoms with Gasteiger partial charge in [0.15, 0.2) is 0 Å². The molecule has 20 heavy (non-hydrogen) atoms. The van der Waals surface area contributed by atoms with Crippen molar-refractivity contribution in [2.75, 3.05) is 18.4 Å². The van der Waals surface area contributed by atoms with Gasteiger partial charge in [0.1, 0.15) is 5.56 Å². The smallest absolute Gasteiger partial charge is 0.282 e. The molecule has 0 aliphatic carbocycles. The summed E-state index contributed by atoms with van der Waals surface area (Å²) in [5, 5.41) is 11.8. The molecule has 0 fully saturated rings. The van der Waals surface area contributed by atoms with E-state index >= 15 is 0 Å². The van der Waals surface area contributed by atoms with Crippen molar-refractivity contribution in [3.63, 3.8) is 0 Å². The summed E-state index contributed by atoms with van der Waals surface area (Å²) in [6.07, 6.45) is 1.86. The number of alkyl halides is 1. The molecule has 0 unspecified atom stereocenters. The van der Waals surface area contributed by atoms with Crippen molar-refractivity contribution in [1.29, 1.82) is 0 Å². The van der Waals surface area contributed by atoms with Crippen LogP contribution < -0.4 is 0 Å². The molecule has 0 saturated heterocycles. The standard InChI is InChI=1S/C14H19BrN2O3/c1-3-4-9-16(10-8-15)14(18)13-11(2)6-5-7-12(13)17(19)20/h5-7H,3-4,8-10H2,1-2H3. The SMILES string of the molecule is CCCCN(CCBr)C(=O)c1c(C)cccc1[N+](=O)[O-]. The van der Waals surface area contributed by atoms with Crippen LogP contribution in [0.2, 0.25) is 0 Å². The van der Waals surface area contributed by atoms with Crippen LogP contribution in [0, 0.1) is 17.0 Å². The molecule has 0 aromatic heterocycles. The van der Waals surface area contributed by atoms with E-state index in [1.54, 1.807) is 24.0 Å². The van der Waals surface area contributed by atoms with Crippen molar-refractivity contribution in [3.8, 4) is 0 Å². The molecule has 0 aliphatic heterocycles. The number of rotatable bonds is 7. The van der Waals surface area contributed by atoms with E-state index in [-0.39, 0.29) is 17.2 Å². The molecule has 110 valence electrons. The molecule has 0 saturated carbocycles. The predicted molar refractivity (Wildman–Crippen MR) is 82.4 cm³/mol. The normalized spacial score (nSPS) is 10.3. The molecule has 0 N–H and O–H groups in total. The van der Waals surface area contributed by atoms with Crippen LogP contribution in [0.25, 0.3) is 0 Å². The molecule has 0 atom stereocenters. The van der Waals surface area contributed by atoms with Crippen LogP contribution in [-0.2, 0) is 0 Å². The van der Waals surface area contributed by atoms with E-state index in [1.807, 2.05) is 6.92 Å². The summed E-state index contributed by atoms with van der Waals surface area (Å²) in [4.78, 5) is 24.9. The Balaban J connectivity index is 3.13. The fraction of sp³-hybridized carbons (Fsp3) is 0.500. The summed E-state index contributed by atoms with van der Waals surface area (Å²) in [5.41, 5.74) is 0.723. The van der Waals surface area contributed by atoms with Crippen molar-refractivity contribution in [1.82, 2.24) is 4.90 Å². The number of unbranched alkanes of at least 4 members (excludes halogenated alkanes) is 1. The Kier molecular flexibility index (Phi) is 6.64. The lowest BCUT2D eigenvalue weighted by atomic mass is 10.0. The Morgan fingerprint density at radius 3 is 2.65 bits per heavy atom. The molecule has 0 bridgehead atoms. The van der Waals surface area contributed by atoms with E-state index in [0.29, 0.717) is 24.0 Å². The number of amides is 1. The third kappa shape index (κ3) is 4.03. The van der Waals surface area contributed by atoms with Crippen LogP contribution >= 0.6 is 15.9 Å². The van der Waals surface area contributed by atoms with E-state index in [0.717, 1.165) is 12.8 Å². The highest BCUT2D eigenvalue weighted by atomic mass is 79.9. The molecule has 5 nitrogen and oxygen atoms in total. The van der Waals surface area contributed by atoms with Gasteiger partial charge in [0.05, 0.1) is 4.92 Å². The van der Waals surface area contributed by atoms with Gasteiger partial charge in [-0.3, -0.25) is 14.9 Å². The first-order valence-corrected chi connectivity index (χ1v) is 7.74. The van der Waals surface area contributed by atoms with E-state index in [2.05, 4.69) is 15.9 Å². The van der Waals surface area contributed by atoms with Crippen LogP contribution in [0.15, 0.2) is 18.2 Å². The molecular formula is C14H19BrN2O3. The second-order valence-electron chi connectivity index (χ2n) is 4.56. The zero-order chi connectivity index (χ0) is 15.1. The van der Waals surface area contributed by atoms with Crippen molar-refractivity contribution in [3.05, 3.63) is 39.4 Å². The lowest BCUT2D eigenvalue weighted by Crippen LogP contribution is -2.34. The Morgan fingerprint density at radius 1 is 1.40 bits per heavy atom. The first kappa shape index (κ1) is 16.6. The van der Waals surface area contributed by atoms with Gasteiger partial charge in [-0.25, -0.2) is 0 Å². The van der Waals surface area contributed by atoms with Gasteiger partial charge in [-0.15, -0.1) is 0 Å². The molecule has 1 aromatic carbocycles. The van der Waals surface area contributed by atoms with Gasteiger partial charge in [-0.1, -0.05) is 41.4 Å². The molecule has 0 radical (unpaired) electrons. The maximum atomic E-state index is 12.6. The Labute approximate surface area is 127 Å². The first-order chi connectivity index (χ1) is 9.52. The molecule has 1 rings (SSSR count). The van der Waals surface area contributed by atoms with Crippen molar-refractivity contribution in [2.24, 2.45) is 0 Å². The fourth-order valence-corrected chi connectivity index (χ4v) is 2.43. The van der Waals surface area contributed by atoms with Crippen LogP contribution in [0.5, 0.6) is 0 Å². The van der Waals surface area contributed by atoms with Crippen LogP contribution in [0.1, 0.15) is 35.7 Å². The van der Waals surface area contributed by atoms with Crippen molar-refractivity contribution >= 4 is 27.5 Å². The van der Waals surface area contributed by atoms with Crippen LogP contribution in [0.3, 0.4) is 0 Å². The zero-order valence-electron chi connectivity index (χ0n) is 11.8. The highest BCUT2D eigenvalue weighted by Crippen LogP contribution is 2.23. The summed E-state index contributed by atoms with van der Waals surface area (Å²) in [6, 6.07) is 4.71. The van der Waals surface area contributed by atoms with E-state index in [4.69, 9.17) is 0 Å². The highest BCUT2D eigenvalue weighted by Gasteiger charge is 2.25. The lowest BCUT2D eigenvalue weighted by molar-refractivity contribution is -0.385. The minimum atomic E-state index is -0.494. The third-order valence-corrected chi connectivity index (χ3v) is 3.44. The van der Waals surface area contributed by atoms with Crippen molar-refractivity contribution in [2.45, 2.75) is 26.7 Å². The Morgan fingerprint density at radius 2 is 2.10 bits per heavy atom. The number of carbonyl (C=O) groups excluding carboxylic acids is 1. The molecule has 1 aromatic rings. The molecule has 1 amide bonds. The number of benzene rings is 1. The van der Waals surface area contributed by atoms with Crippen LogP contribution in [0.4, 0.5) is 5.69 Å². The van der Waals surface area contributed by atoms with E-state index < -0.39 is 4.92 Å². The Bertz CT molecular complexity index is 491. The number of nitro benzene ring substituents is 1. The maximum Gasteiger partial charge on any atom is 0.282 e. The third-order valence-electron chi connectivity index (χ3n) is 3.08. The average molecular weight is 343 g/mol. The molecule has 0 spiro atoms. The summed E-state index contributed by atoms with van der Waals surface area (Å²) in [6.45, 7) is 4.94. The number of halogens is 1. The van der Waals surface area contributed by atoms with Gasteiger partial charge in [-0.05, 0) is 18.9 Å². The predicted octanol–water partition coefficient (Wildman–Crippen LogP) is 3.54. The van der Waals surface area contributed by atoms with E-state index in [1.165, 1.54) is 6.07 Å². The number of hydrogen-bond donors (Lipinski definition) is 0. The average Bonchev–Trinajstić information content (AvgIpc) is 2.42. The monoisotopic (exact) mass is 342 g/mol. The molecule has 0 aliphatic rings. The number of aryl methyl sites for hydroxylation is 1. The minimum absolute atomic E-state index is 0.119. The second-order valence-corrected chi connectivity index (χ2v) is 5.35. The topological polar surface area (TPSA) is 63.5 Å². The summed E-state index contributed by atoms with van der Waals surface area (Å²) >= 11 is 3.32.